The molecule has 5 atom stereocenters. The number of unbranched alkanes of at least 4 members (excludes halogenated alkanes) is 8. The van der Waals surface area contributed by atoms with E-state index in [0.29, 0.717) is 59.5 Å². The van der Waals surface area contributed by atoms with Gasteiger partial charge < -0.3 is 69.8 Å². The molecule has 15 nitrogen and oxygen atoms in total. The molecule has 0 saturated carbocycles. The Morgan fingerprint density at radius 3 is 1.25 bits per heavy atom. The Morgan fingerprint density at radius 1 is 0.463 bits per heavy atom. The number of hydrogen-bond donors (Lipinski definition) is 1. The normalized spacial score (nSPS) is 17.9. The number of rotatable bonds is 37. The summed E-state index contributed by atoms with van der Waals surface area (Å²) < 4.78 is 62.9. The van der Waals surface area contributed by atoms with Crippen molar-refractivity contribution in [2.45, 2.75) is 88.5 Å². The predicted molar refractivity (Wildman–Crippen MR) is 247 cm³/mol. The molecule has 0 aliphatic carbocycles. The van der Waals surface area contributed by atoms with Gasteiger partial charge in [-0.25, -0.2) is 14.4 Å². The molecule has 1 saturated heterocycles. The standard InChI is InChI=1S/C50H70O15S.Au/c51-44-43(39-62-47(52)40-19-11-8-12-20-40)63-50(46(65-49(54)42-23-15-10-16-24-42)45(44)64-48(53)41-21-13-9-14-22-41)61-37-36-60-35-34-59-33-32-58-31-30-57-29-28-56-27-26-55-25-17-6-4-2-1-3-5-7-18-38-66;/h8-16,19-24,43-46,50-51,66H,1-7,17-18,25-39H2;/q;+1/p-1/t43-,44-,45+,46-,50-;/m1./s1. The minimum absolute atomic E-state index is 0. The Balaban J connectivity index is 0.0000119. The minimum atomic E-state index is -1.60. The van der Waals surface area contributed by atoms with E-state index in [4.69, 9.17) is 64.7 Å². The van der Waals surface area contributed by atoms with E-state index in [1.807, 2.05) is 0 Å². The molecule has 376 valence electrons. The number of esters is 3. The largest absolute Gasteiger partial charge is 1.00 e. The zero-order valence-corrected chi connectivity index (χ0v) is 41.4. The summed E-state index contributed by atoms with van der Waals surface area (Å²) in [5.41, 5.74) is 0.704. The summed E-state index contributed by atoms with van der Waals surface area (Å²) in [6, 6.07) is 24.6. The third-order valence-corrected chi connectivity index (χ3v) is 10.6. The van der Waals surface area contributed by atoms with Crippen LogP contribution in [0.5, 0.6) is 0 Å². The second-order valence-corrected chi connectivity index (χ2v) is 15.8. The van der Waals surface area contributed by atoms with Gasteiger partial charge in [0.25, 0.3) is 0 Å². The molecular weight excluding hydrogens is 1070 g/mol. The topological polar surface area (TPSA) is 173 Å². The van der Waals surface area contributed by atoms with Crippen LogP contribution < -0.4 is 0 Å². The second kappa shape index (κ2) is 37.7. The fraction of sp³-hybridized carbons (Fsp3) is 0.580. The van der Waals surface area contributed by atoms with E-state index in [0.717, 1.165) is 18.8 Å². The van der Waals surface area contributed by atoms with E-state index in [2.05, 4.69) is 0 Å². The number of carbonyl (C=O) groups excluding carboxylic acids is 3. The van der Waals surface area contributed by atoms with Gasteiger partial charge in [-0.3, -0.25) is 0 Å². The van der Waals surface area contributed by atoms with Crippen LogP contribution in [0.2, 0.25) is 0 Å². The number of aliphatic hydroxyl groups excluding tert-OH is 1. The molecule has 0 aromatic heterocycles. The van der Waals surface area contributed by atoms with Crippen LogP contribution in [-0.4, -0.2) is 152 Å². The summed E-state index contributed by atoms with van der Waals surface area (Å²) in [5.74, 6) is -1.32. The van der Waals surface area contributed by atoms with Gasteiger partial charge in [-0.05, 0) is 42.8 Å². The summed E-state index contributed by atoms with van der Waals surface area (Å²) in [4.78, 5) is 39.5. The smallest absolute Gasteiger partial charge is 0.793 e. The van der Waals surface area contributed by atoms with Gasteiger partial charge >= 0.3 is 40.3 Å². The summed E-state index contributed by atoms with van der Waals surface area (Å²) in [7, 11) is 0. The molecule has 0 radical (unpaired) electrons. The van der Waals surface area contributed by atoms with Crippen LogP contribution in [0.3, 0.4) is 0 Å². The summed E-state index contributed by atoms with van der Waals surface area (Å²) in [5, 5.41) is 11.6. The molecule has 1 N–H and O–H groups in total. The molecule has 0 unspecified atom stereocenters. The molecule has 1 heterocycles. The van der Waals surface area contributed by atoms with Crippen LogP contribution in [0.15, 0.2) is 91.0 Å². The van der Waals surface area contributed by atoms with E-state index < -0.39 is 55.2 Å². The number of aliphatic hydroxyl groups is 1. The molecule has 1 aliphatic heterocycles. The average molecular weight is 1140 g/mol. The summed E-state index contributed by atoms with van der Waals surface area (Å²) >= 11 is 4.99. The Bertz CT molecular complexity index is 1700. The first-order valence-corrected chi connectivity index (χ1v) is 23.8. The maximum absolute atomic E-state index is 13.3. The van der Waals surface area contributed by atoms with E-state index in [1.165, 1.54) is 51.4 Å². The van der Waals surface area contributed by atoms with Crippen molar-refractivity contribution in [3.05, 3.63) is 108 Å². The molecule has 4 rings (SSSR count). The zero-order valence-electron chi connectivity index (χ0n) is 38.4. The van der Waals surface area contributed by atoms with Gasteiger partial charge in [-0.15, -0.1) is 0 Å². The third kappa shape index (κ3) is 24.8. The Kier molecular flexibility index (Phi) is 32.7. The van der Waals surface area contributed by atoms with Crippen molar-refractivity contribution in [1.82, 2.24) is 0 Å². The quantitative estimate of drug-likeness (QED) is 0.0216. The van der Waals surface area contributed by atoms with Crippen molar-refractivity contribution < 1.29 is 94.0 Å². The number of ether oxygens (including phenoxy) is 11. The van der Waals surface area contributed by atoms with Crippen molar-refractivity contribution in [2.75, 3.05) is 98.2 Å². The molecule has 3 aromatic rings. The van der Waals surface area contributed by atoms with Crippen LogP contribution in [0.1, 0.15) is 88.9 Å². The van der Waals surface area contributed by atoms with E-state index in [-0.39, 0.29) is 58.9 Å². The number of benzene rings is 3. The van der Waals surface area contributed by atoms with Gasteiger partial charge in [0.05, 0.1) is 96.0 Å². The molecule has 1 aliphatic rings. The monoisotopic (exact) mass is 1140 g/mol. The summed E-state index contributed by atoms with van der Waals surface area (Å²) in [6.07, 6.45) is 4.18. The Labute approximate surface area is 417 Å². The van der Waals surface area contributed by atoms with Crippen LogP contribution in [0.25, 0.3) is 0 Å². The zero-order chi connectivity index (χ0) is 46.7. The molecule has 17 heteroatoms. The molecular formula is C50H69AuO15S. The fourth-order valence-electron chi connectivity index (χ4n) is 6.74. The molecule has 67 heavy (non-hydrogen) atoms. The van der Waals surface area contributed by atoms with Gasteiger partial charge in [0.15, 0.2) is 18.5 Å². The van der Waals surface area contributed by atoms with Gasteiger partial charge in [0.2, 0.25) is 0 Å². The van der Waals surface area contributed by atoms with Crippen LogP contribution in [0, 0.1) is 0 Å². The van der Waals surface area contributed by atoms with Gasteiger partial charge in [-0.1, -0.05) is 106 Å². The summed E-state index contributed by atoms with van der Waals surface area (Å²) in [6.45, 7) is 4.71. The predicted octanol–water partition coefficient (Wildman–Crippen LogP) is 6.55. The van der Waals surface area contributed by atoms with Gasteiger partial charge in [-0.2, -0.15) is 5.75 Å². The molecule has 0 spiro atoms. The SMILES string of the molecule is O=C(OC[C@H]1O[C@@H](OCCOCCOCCOCCOCCOCCOCCCCCCCCCCC[S-])[C@H](OC(=O)c2ccccc2)[C@@H](OC(=O)c2ccccc2)[C@@H]1O)c1ccccc1.[Au+]. The van der Waals surface area contributed by atoms with Crippen molar-refractivity contribution in [3.63, 3.8) is 0 Å². The first-order chi connectivity index (χ1) is 32.5. The van der Waals surface area contributed by atoms with Crippen LogP contribution in [0.4, 0.5) is 0 Å². The first kappa shape index (κ1) is 58.1. The Hall–Kier alpha value is -3.20. The molecule has 0 amide bonds. The molecule has 0 bridgehead atoms. The van der Waals surface area contributed by atoms with Crippen molar-refractivity contribution >= 4 is 30.5 Å². The van der Waals surface area contributed by atoms with Crippen molar-refractivity contribution in [2.24, 2.45) is 0 Å². The van der Waals surface area contributed by atoms with Gasteiger partial charge in [0.1, 0.15) is 18.8 Å². The number of hydrogen-bond acceptors (Lipinski definition) is 16. The second-order valence-electron chi connectivity index (χ2n) is 15.4. The van der Waals surface area contributed by atoms with Gasteiger partial charge in [0, 0.05) is 6.61 Å². The number of carbonyl (C=O) groups is 3. The van der Waals surface area contributed by atoms with Crippen LogP contribution in [-0.2, 0) is 87.1 Å². The van der Waals surface area contributed by atoms with E-state index >= 15 is 0 Å². The van der Waals surface area contributed by atoms with Crippen molar-refractivity contribution in [3.8, 4) is 0 Å². The van der Waals surface area contributed by atoms with E-state index in [9.17, 15) is 19.5 Å². The average Bonchev–Trinajstić information content (AvgIpc) is 3.35. The third-order valence-electron chi connectivity index (χ3n) is 10.3. The van der Waals surface area contributed by atoms with E-state index in [1.54, 1.807) is 91.0 Å². The molecule has 3 aromatic carbocycles. The first-order valence-electron chi connectivity index (χ1n) is 23.2. The van der Waals surface area contributed by atoms with Crippen molar-refractivity contribution in [1.29, 1.82) is 0 Å². The maximum atomic E-state index is 13.3. The minimum Gasteiger partial charge on any atom is -0.793 e. The van der Waals surface area contributed by atoms with Crippen LogP contribution >= 0.6 is 0 Å². The molecule has 1 fully saturated rings. The maximum Gasteiger partial charge on any atom is 1.00 e. The Morgan fingerprint density at radius 2 is 0.821 bits per heavy atom. The fourth-order valence-corrected chi connectivity index (χ4v) is 6.94.